The first kappa shape index (κ1) is 18.8. The molecule has 0 saturated carbocycles. The summed E-state index contributed by atoms with van der Waals surface area (Å²) in [6.45, 7) is 0.101. The summed E-state index contributed by atoms with van der Waals surface area (Å²) in [5.41, 5.74) is -0.0873. The molecule has 0 spiro atoms. The number of anilines is 1. The number of benzene rings is 1. The highest BCUT2D eigenvalue weighted by molar-refractivity contribution is 5.99. The molecule has 136 valence electrons. The molecule has 0 saturated heterocycles. The summed E-state index contributed by atoms with van der Waals surface area (Å²) in [5, 5.41) is 4.63. The Labute approximate surface area is 147 Å². The van der Waals surface area contributed by atoms with Gasteiger partial charge in [-0.1, -0.05) is 0 Å². The molecule has 0 aliphatic carbocycles. The third-order valence-corrected chi connectivity index (χ3v) is 3.09. The number of hydrogen-bond acceptors (Lipinski definition) is 6. The van der Waals surface area contributed by atoms with Crippen LogP contribution in [0, 0.1) is 5.82 Å². The number of nitrogens with one attached hydrogen (secondary N) is 2. The van der Waals surface area contributed by atoms with Crippen molar-refractivity contribution in [2.45, 2.75) is 6.92 Å². The second-order valence-corrected chi connectivity index (χ2v) is 5.12. The number of hydrogen-bond donors (Lipinski definition) is 2. The van der Waals surface area contributed by atoms with Crippen LogP contribution in [0.1, 0.15) is 27.8 Å². The highest BCUT2D eigenvalue weighted by Gasteiger charge is 2.16. The Balaban J connectivity index is 1.83. The zero-order valence-electron chi connectivity index (χ0n) is 13.7. The van der Waals surface area contributed by atoms with Crippen molar-refractivity contribution in [3.63, 3.8) is 0 Å². The Morgan fingerprint density at radius 1 is 1.19 bits per heavy atom. The summed E-state index contributed by atoms with van der Waals surface area (Å²) in [6.07, 6.45) is 1.30. The molecule has 0 aliphatic rings. The number of furan rings is 1. The largest absolute Gasteiger partial charge is 0.459 e. The number of esters is 1. The summed E-state index contributed by atoms with van der Waals surface area (Å²) in [6, 6.07) is 6.44. The average molecular weight is 362 g/mol. The Morgan fingerprint density at radius 3 is 2.58 bits per heavy atom. The molecule has 2 N–H and O–H groups in total. The van der Waals surface area contributed by atoms with Crippen molar-refractivity contribution in [1.82, 2.24) is 5.32 Å². The molecular formula is C17H15FN2O6. The molecule has 8 nitrogen and oxygen atoms in total. The number of carbonyl (C=O) groups excluding carboxylic acids is 4. The van der Waals surface area contributed by atoms with E-state index >= 15 is 0 Å². The minimum Gasteiger partial charge on any atom is -0.459 e. The van der Waals surface area contributed by atoms with Crippen LogP contribution in [-0.2, 0) is 14.3 Å². The molecule has 1 aromatic heterocycles. The van der Waals surface area contributed by atoms with Crippen molar-refractivity contribution < 1.29 is 32.7 Å². The average Bonchev–Trinajstić information content (AvgIpc) is 3.11. The van der Waals surface area contributed by atoms with Crippen LogP contribution in [0.25, 0.3) is 0 Å². The van der Waals surface area contributed by atoms with Crippen molar-refractivity contribution >= 4 is 29.3 Å². The van der Waals surface area contributed by atoms with Gasteiger partial charge in [0, 0.05) is 12.6 Å². The lowest BCUT2D eigenvalue weighted by Crippen LogP contribution is -2.31. The van der Waals surface area contributed by atoms with Gasteiger partial charge in [-0.2, -0.15) is 0 Å². The topological polar surface area (TPSA) is 115 Å². The standard InChI is InChI=1S/C17H15FN2O6/c1-10(21)20-11-4-5-12(13(18)7-11)14(22)9-26-16(23)8-19-17(24)15-3-2-6-25-15/h2-7H,8-9H2,1H3,(H,19,24)(H,20,21). The zero-order valence-corrected chi connectivity index (χ0v) is 13.7. The van der Waals surface area contributed by atoms with Gasteiger partial charge in [0.1, 0.15) is 12.4 Å². The fourth-order valence-electron chi connectivity index (χ4n) is 1.94. The number of carbonyl (C=O) groups is 4. The predicted octanol–water partition coefficient (Wildman–Crippen LogP) is 1.53. The second kappa shape index (κ2) is 8.56. The van der Waals surface area contributed by atoms with Crippen molar-refractivity contribution in [2.24, 2.45) is 0 Å². The van der Waals surface area contributed by atoms with Crippen molar-refractivity contribution in [1.29, 1.82) is 0 Å². The maximum absolute atomic E-state index is 13.9. The molecule has 1 aromatic carbocycles. The van der Waals surface area contributed by atoms with Gasteiger partial charge >= 0.3 is 5.97 Å². The number of ether oxygens (including phenoxy) is 1. The van der Waals surface area contributed by atoms with Crippen LogP contribution >= 0.6 is 0 Å². The highest BCUT2D eigenvalue weighted by atomic mass is 19.1. The van der Waals surface area contributed by atoms with Crippen LogP contribution in [0.5, 0.6) is 0 Å². The lowest BCUT2D eigenvalue weighted by molar-refractivity contribution is -0.141. The molecule has 0 atom stereocenters. The van der Waals surface area contributed by atoms with Crippen molar-refractivity contribution in [3.8, 4) is 0 Å². The van der Waals surface area contributed by atoms with Crippen LogP contribution in [0.2, 0.25) is 0 Å². The fourth-order valence-corrected chi connectivity index (χ4v) is 1.94. The highest BCUT2D eigenvalue weighted by Crippen LogP contribution is 2.15. The van der Waals surface area contributed by atoms with E-state index in [0.717, 1.165) is 6.07 Å². The van der Waals surface area contributed by atoms with E-state index in [1.54, 1.807) is 0 Å². The van der Waals surface area contributed by atoms with Crippen LogP contribution < -0.4 is 10.6 Å². The van der Waals surface area contributed by atoms with E-state index < -0.39 is 36.6 Å². The first-order chi connectivity index (χ1) is 12.4. The summed E-state index contributed by atoms with van der Waals surface area (Å²) in [4.78, 5) is 45.9. The summed E-state index contributed by atoms with van der Waals surface area (Å²) < 4.78 is 23.5. The number of halogens is 1. The Bertz CT molecular complexity index is 832. The van der Waals surface area contributed by atoms with Gasteiger partial charge in [-0.25, -0.2) is 4.39 Å². The Kier molecular flexibility index (Phi) is 6.20. The van der Waals surface area contributed by atoms with Crippen LogP contribution in [0.3, 0.4) is 0 Å². The van der Waals surface area contributed by atoms with Gasteiger partial charge in [0.2, 0.25) is 11.7 Å². The first-order valence-electron chi connectivity index (χ1n) is 7.44. The third kappa shape index (κ3) is 5.26. The maximum Gasteiger partial charge on any atom is 0.325 e. The van der Waals surface area contributed by atoms with Crippen LogP contribution in [0.4, 0.5) is 10.1 Å². The van der Waals surface area contributed by atoms with Crippen LogP contribution in [-0.4, -0.2) is 36.7 Å². The number of Topliss-reactive ketones (excluding diaryl/α,β-unsaturated/α-hetero) is 1. The molecule has 2 rings (SSSR count). The van der Waals surface area contributed by atoms with Gasteiger partial charge in [0.05, 0.1) is 11.8 Å². The first-order valence-corrected chi connectivity index (χ1v) is 7.44. The molecule has 0 bridgehead atoms. The molecule has 2 aromatic rings. The smallest absolute Gasteiger partial charge is 0.325 e. The minimum absolute atomic E-state index is 0.0233. The summed E-state index contributed by atoms with van der Waals surface area (Å²) in [5.74, 6) is -3.46. The zero-order chi connectivity index (χ0) is 19.1. The molecule has 0 fully saturated rings. The predicted molar refractivity (Wildman–Crippen MR) is 87.0 cm³/mol. The maximum atomic E-state index is 13.9. The van der Waals surface area contributed by atoms with E-state index in [2.05, 4.69) is 10.6 Å². The molecule has 26 heavy (non-hydrogen) atoms. The lowest BCUT2D eigenvalue weighted by atomic mass is 10.1. The number of amides is 2. The number of ketones is 1. The SMILES string of the molecule is CC(=O)Nc1ccc(C(=O)COC(=O)CNC(=O)c2ccco2)c(F)c1. The normalized spacial score (nSPS) is 10.1. The Hall–Kier alpha value is -3.49. The van der Waals surface area contributed by atoms with Gasteiger partial charge in [-0.3, -0.25) is 19.2 Å². The number of rotatable bonds is 7. The van der Waals surface area contributed by atoms with E-state index in [1.165, 1.54) is 37.5 Å². The van der Waals surface area contributed by atoms with E-state index in [-0.39, 0.29) is 22.9 Å². The molecular weight excluding hydrogens is 347 g/mol. The van der Waals surface area contributed by atoms with Gasteiger partial charge in [-0.15, -0.1) is 0 Å². The molecule has 0 aliphatic heterocycles. The molecule has 2 amide bonds. The monoisotopic (exact) mass is 362 g/mol. The van der Waals surface area contributed by atoms with Gasteiger partial charge in [0.15, 0.2) is 12.4 Å². The third-order valence-electron chi connectivity index (χ3n) is 3.09. The van der Waals surface area contributed by atoms with Crippen molar-refractivity contribution in [2.75, 3.05) is 18.5 Å². The second-order valence-electron chi connectivity index (χ2n) is 5.12. The fraction of sp³-hybridized carbons (Fsp3) is 0.176. The van der Waals surface area contributed by atoms with E-state index in [4.69, 9.17) is 9.15 Å². The quantitative estimate of drug-likeness (QED) is 0.570. The van der Waals surface area contributed by atoms with Gasteiger partial charge < -0.3 is 19.8 Å². The summed E-state index contributed by atoms with van der Waals surface area (Å²) >= 11 is 0. The van der Waals surface area contributed by atoms with Gasteiger partial charge in [-0.05, 0) is 30.3 Å². The molecule has 1 heterocycles. The molecule has 0 unspecified atom stereocenters. The summed E-state index contributed by atoms with van der Waals surface area (Å²) in [7, 11) is 0. The molecule has 0 radical (unpaired) electrons. The molecule has 9 heteroatoms. The van der Waals surface area contributed by atoms with Gasteiger partial charge in [0.25, 0.3) is 5.91 Å². The van der Waals surface area contributed by atoms with E-state index in [1.807, 2.05) is 0 Å². The Morgan fingerprint density at radius 2 is 1.96 bits per heavy atom. The van der Waals surface area contributed by atoms with E-state index in [9.17, 15) is 23.6 Å². The minimum atomic E-state index is -0.867. The van der Waals surface area contributed by atoms with E-state index in [0.29, 0.717) is 0 Å². The lowest BCUT2D eigenvalue weighted by Gasteiger charge is -2.07. The van der Waals surface area contributed by atoms with Crippen molar-refractivity contribution in [3.05, 3.63) is 53.7 Å². The van der Waals surface area contributed by atoms with Crippen LogP contribution in [0.15, 0.2) is 41.0 Å².